The topological polar surface area (TPSA) is 60.9 Å². The van der Waals surface area contributed by atoms with Gasteiger partial charge in [-0.05, 0) is 25.2 Å². The molecule has 2 amide bonds. The molecule has 0 spiro atoms. The number of carboxylic acid groups (broad SMARTS) is 1. The number of nitrogens with zero attached hydrogens (tertiary/aromatic N) is 2. The Morgan fingerprint density at radius 3 is 2.67 bits per heavy atom. The maximum atomic E-state index is 12.3. The summed E-state index contributed by atoms with van der Waals surface area (Å²) in [6.07, 6.45) is 4.86. The number of carbonyl (C=O) groups excluding carboxylic acids is 1. The zero-order valence-corrected chi connectivity index (χ0v) is 10.5. The van der Waals surface area contributed by atoms with Gasteiger partial charge in [-0.1, -0.05) is 6.08 Å². The summed E-state index contributed by atoms with van der Waals surface area (Å²) in [5.41, 5.74) is 0. The van der Waals surface area contributed by atoms with E-state index in [-0.39, 0.29) is 18.4 Å². The van der Waals surface area contributed by atoms with Gasteiger partial charge in [0.2, 0.25) is 0 Å². The molecule has 100 valence electrons. The van der Waals surface area contributed by atoms with Gasteiger partial charge in [0.25, 0.3) is 0 Å². The molecule has 1 aliphatic heterocycles. The number of urea groups is 1. The van der Waals surface area contributed by atoms with E-state index in [4.69, 9.17) is 5.11 Å². The Balaban J connectivity index is 1.89. The van der Waals surface area contributed by atoms with Crippen LogP contribution in [0.3, 0.4) is 0 Å². The van der Waals surface area contributed by atoms with Gasteiger partial charge in [0.15, 0.2) is 0 Å². The summed E-state index contributed by atoms with van der Waals surface area (Å²) in [6, 6.07) is 0.416. The van der Waals surface area contributed by atoms with Crippen LogP contribution >= 0.6 is 0 Å². The predicted molar refractivity (Wildman–Crippen MR) is 67.3 cm³/mol. The molecule has 2 rings (SSSR count). The van der Waals surface area contributed by atoms with Crippen LogP contribution in [0.15, 0.2) is 12.7 Å². The lowest BCUT2D eigenvalue weighted by Crippen LogP contribution is -2.43. The largest absolute Gasteiger partial charge is 0.481 e. The number of hydrogen-bond acceptors (Lipinski definition) is 2. The van der Waals surface area contributed by atoms with E-state index >= 15 is 0 Å². The first-order chi connectivity index (χ1) is 8.61. The second-order valence-electron chi connectivity index (χ2n) is 5.15. The SMILES string of the molecule is C=CCN(C(=O)N1CCC(CC(=O)O)C1)C1CC1. The van der Waals surface area contributed by atoms with Crippen molar-refractivity contribution in [3.8, 4) is 0 Å². The number of likely N-dealkylation sites (tertiary alicyclic amines) is 1. The highest BCUT2D eigenvalue weighted by Gasteiger charge is 2.36. The molecule has 2 aliphatic rings. The van der Waals surface area contributed by atoms with Gasteiger partial charge in [-0.15, -0.1) is 6.58 Å². The number of carboxylic acids is 1. The van der Waals surface area contributed by atoms with Crippen LogP contribution in [-0.4, -0.2) is 52.6 Å². The molecule has 1 aliphatic carbocycles. The molecule has 1 N–H and O–H groups in total. The van der Waals surface area contributed by atoms with Crippen molar-refractivity contribution in [3.05, 3.63) is 12.7 Å². The van der Waals surface area contributed by atoms with Crippen LogP contribution in [0.5, 0.6) is 0 Å². The molecule has 5 heteroatoms. The molecule has 0 aromatic rings. The first kappa shape index (κ1) is 12.9. The molecule has 0 radical (unpaired) electrons. The second-order valence-corrected chi connectivity index (χ2v) is 5.15. The summed E-state index contributed by atoms with van der Waals surface area (Å²) in [5.74, 6) is -0.671. The van der Waals surface area contributed by atoms with Gasteiger partial charge in [0, 0.05) is 32.1 Å². The van der Waals surface area contributed by atoms with Crippen molar-refractivity contribution in [1.82, 2.24) is 9.80 Å². The minimum absolute atomic E-state index is 0.0466. The van der Waals surface area contributed by atoms with Gasteiger partial charge in [-0.2, -0.15) is 0 Å². The molecule has 2 fully saturated rings. The van der Waals surface area contributed by atoms with E-state index in [1.165, 1.54) is 0 Å². The minimum atomic E-state index is -0.778. The number of carbonyl (C=O) groups is 2. The van der Waals surface area contributed by atoms with Crippen molar-refractivity contribution in [2.45, 2.75) is 31.7 Å². The van der Waals surface area contributed by atoms with Crippen LogP contribution in [0.2, 0.25) is 0 Å². The van der Waals surface area contributed by atoms with Crippen molar-refractivity contribution < 1.29 is 14.7 Å². The number of amides is 2. The summed E-state index contributed by atoms with van der Waals surface area (Å²) in [6.45, 7) is 5.52. The molecule has 18 heavy (non-hydrogen) atoms. The minimum Gasteiger partial charge on any atom is -0.481 e. The number of aliphatic carboxylic acids is 1. The van der Waals surface area contributed by atoms with Crippen LogP contribution in [0.25, 0.3) is 0 Å². The van der Waals surface area contributed by atoms with E-state index in [1.54, 1.807) is 11.0 Å². The molecular weight excluding hydrogens is 232 g/mol. The first-order valence-corrected chi connectivity index (χ1v) is 6.50. The Kier molecular flexibility index (Phi) is 3.89. The van der Waals surface area contributed by atoms with E-state index in [0.717, 1.165) is 19.3 Å². The fraction of sp³-hybridized carbons (Fsp3) is 0.692. The molecule has 1 saturated heterocycles. The zero-order valence-electron chi connectivity index (χ0n) is 10.5. The van der Waals surface area contributed by atoms with Crippen LogP contribution in [0.1, 0.15) is 25.7 Å². The standard InChI is InChI=1S/C13H20N2O3/c1-2-6-15(11-3-4-11)13(18)14-7-5-10(9-14)8-12(16)17/h2,10-11H,1,3-9H2,(H,16,17). The van der Waals surface area contributed by atoms with Crippen molar-refractivity contribution in [1.29, 1.82) is 0 Å². The van der Waals surface area contributed by atoms with E-state index in [1.807, 2.05) is 4.90 Å². The van der Waals surface area contributed by atoms with E-state index < -0.39 is 5.97 Å². The average molecular weight is 252 g/mol. The lowest BCUT2D eigenvalue weighted by molar-refractivity contribution is -0.138. The van der Waals surface area contributed by atoms with Crippen molar-refractivity contribution >= 4 is 12.0 Å². The molecule has 1 atom stereocenters. The number of rotatable bonds is 5. The van der Waals surface area contributed by atoms with Gasteiger partial charge in [0.05, 0.1) is 0 Å². The second kappa shape index (κ2) is 5.42. The molecule has 1 heterocycles. The molecule has 1 saturated carbocycles. The van der Waals surface area contributed by atoms with Crippen LogP contribution < -0.4 is 0 Å². The van der Waals surface area contributed by atoms with Gasteiger partial charge in [-0.25, -0.2) is 4.79 Å². The Bertz CT molecular complexity index is 352. The zero-order chi connectivity index (χ0) is 13.1. The van der Waals surface area contributed by atoms with E-state index in [2.05, 4.69) is 6.58 Å². The van der Waals surface area contributed by atoms with Crippen LogP contribution in [0, 0.1) is 5.92 Å². The van der Waals surface area contributed by atoms with Crippen molar-refractivity contribution in [2.75, 3.05) is 19.6 Å². The first-order valence-electron chi connectivity index (χ1n) is 6.50. The van der Waals surface area contributed by atoms with E-state index in [9.17, 15) is 9.59 Å². The third-order valence-electron chi connectivity index (χ3n) is 3.58. The summed E-state index contributed by atoms with van der Waals surface area (Å²) in [7, 11) is 0. The van der Waals surface area contributed by atoms with Crippen LogP contribution in [-0.2, 0) is 4.79 Å². The lowest BCUT2D eigenvalue weighted by atomic mass is 10.1. The van der Waals surface area contributed by atoms with Crippen LogP contribution in [0.4, 0.5) is 4.79 Å². The highest BCUT2D eigenvalue weighted by Crippen LogP contribution is 2.29. The van der Waals surface area contributed by atoms with Crippen molar-refractivity contribution in [3.63, 3.8) is 0 Å². The average Bonchev–Trinajstić information content (AvgIpc) is 3.05. The number of hydrogen-bond donors (Lipinski definition) is 1. The summed E-state index contributed by atoms with van der Waals surface area (Å²) in [4.78, 5) is 26.6. The lowest BCUT2D eigenvalue weighted by Gasteiger charge is -2.27. The van der Waals surface area contributed by atoms with Crippen molar-refractivity contribution in [2.24, 2.45) is 5.92 Å². The van der Waals surface area contributed by atoms with E-state index in [0.29, 0.717) is 25.7 Å². The molecule has 1 unspecified atom stereocenters. The molecule has 0 aromatic heterocycles. The fourth-order valence-electron chi connectivity index (χ4n) is 2.51. The summed E-state index contributed by atoms with van der Waals surface area (Å²) >= 11 is 0. The molecule has 0 bridgehead atoms. The highest BCUT2D eigenvalue weighted by atomic mass is 16.4. The quantitative estimate of drug-likeness (QED) is 0.755. The third kappa shape index (κ3) is 3.03. The summed E-state index contributed by atoms with van der Waals surface area (Å²) < 4.78 is 0. The van der Waals surface area contributed by atoms with Gasteiger partial charge >= 0.3 is 12.0 Å². The normalized spacial score (nSPS) is 22.9. The molecular formula is C13H20N2O3. The Hall–Kier alpha value is -1.52. The smallest absolute Gasteiger partial charge is 0.320 e. The maximum Gasteiger partial charge on any atom is 0.320 e. The van der Waals surface area contributed by atoms with Gasteiger partial charge in [-0.3, -0.25) is 4.79 Å². The highest BCUT2D eigenvalue weighted by molar-refractivity contribution is 5.76. The van der Waals surface area contributed by atoms with Gasteiger partial charge < -0.3 is 14.9 Å². The predicted octanol–water partition coefficient (Wildman–Crippen LogP) is 1.55. The third-order valence-corrected chi connectivity index (χ3v) is 3.58. The molecule has 5 nitrogen and oxygen atoms in total. The maximum absolute atomic E-state index is 12.3. The summed E-state index contributed by atoms with van der Waals surface area (Å²) in [5, 5.41) is 8.76. The molecule has 0 aromatic carbocycles. The fourth-order valence-corrected chi connectivity index (χ4v) is 2.51. The Morgan fingerprint density at radius 2 is 2.11 bits per heavy atom. The Labute approximate surface area is 107 Å². The monoisotopic (exact) mass is 252 g/mol. The Morgan fingerprint density at radius 1 is 1.39 bits per heavy atom. The van der Waals surface area contributed by atoms with Gasteiger partial charge in [0.1, 0.15) is 0 Å².